The van der Waals surface area contributed by atoms with Crippen LogP contribution in [0.15, 0.2) is 54.6 Å². The molecule has 0 aromatic heterocycles. The lowest BCUT2D eigenvalue weighted by Crippen LogP contribution is -2.33. The average Bonchev–Trinajstić information content (AvgIpc) is 2.53. The van der Waals surface area contributed by atoms with Gasteiger partial charge in [-0.1, -0.05) is 61.5 Å². The van der Waals surface area contributed by atoms with Crippen LogP contribution in [-0.4, -0.2) is 5.91 Å². The molecule has 0 aliphatic carbocycles. The molecule has 0 saturated carbocycles. The van der Waals surface area contributed by atoms with Crippen molar-refractivity contribution in [1.29, 1.82) is 0 Å². The second kappa shape index (κ2) is 6.87. The van der Waals surface area contributed by atoms with Crippen LogP contribution < -0.4 is 11.1 Å². The molecule has 3 N–H and O–H groups in total. The largest absolute Gasteiger partial charge is 0.350 e. The Morgan fingerprint density at radius 3 is 2.30 bits per heavy atom. The molecule has 2 aromatic carbocycles. The van der Waals surface area contributed by atoms with Crippen molar-refractivity contribution >= 4 is 5.91 Å². The molecule has 20 heavy (non-hydrogen) atoms. The van der Waals surface area contributed by atoms with Crippen molar-refractivity contribution in [3.8, 4) is 0 Å². The maximum absolute atomic E-state index is 12.1. The molecule has 1 atom stereocenters. The normalized spacial score (nSPS) is 11.9. The minimum absolute atomic E-state index is 0.151. The third kappa shape index (κ3) is 3.45. The summed E-state index contributed by atoms with van der Waals surface area (Å²) in [5, 5.41) is 2.91. The van der Waals surface area contributed by atoms with Gasteiger partial charge < -0.3 is 11.1 Å². The molecule has 0 heterocycles. The van der Waals surface area contributed by atoms with Crippen LogP contribution in [0.1, 0.15) is 29.7 Å². The van der Waals surface area contributed by atoms with Gasteiger partial charge >= 0.3 is 0 Å². The van der Waals surface area contributed by atoms with Crippen LogP contribution in [0.3, 0.4) is 0 Å². The van der Waals surface area contributed by atoms with E-state index in [9.17, 15) is 4.79 Å². The van der Waals surface area contributed by atoms with Gasteiger partial charge in [0.1, 0.15) is 6.04 Å². The smallest absolute Gasteiger partial charge is 0.241 e. The van der Waals surface area contributed by atoms with Gasteiger partial charge in [0.25, 0.3) is 0 Å². The summed E-state index contributed by atoms with van der Waals surface area (Å²) in [5.41, 5.74) is 9.18. The highest BCUT2D eigenvalue weighted by molar-refractivity contribution is 5.82. The highest BCUT2D eigenvalue weighted by Gasteiger charge is 2.15. The molecule has 3 nitrogen and oxygen atoms in total. The fourth-order valence-corrected chi connectivity index (χ4v) is 2.18. The molecule has 0 aliphatic heterocycles. The van der Waals surface area contributed by atoms with Crippen molar-refractivity contribution in [2.24, 2.45) is 5.73 Å². The first-order valence-corrected chi connectivity index (χ1v) is 6.87. The van der Waals surface area contributed by atoms with E-state index >= 15 is 0 Å². The minimum atomic E-state index is -0.620. The predicted molar refractivity (Wildman–Crippen MR) is 81.0 cm³/mol. The van der Waals surface area contributed by atoms with E-state index in [-0.39, 0.29) is 5.91 Å². The Bertz CT molecular complexity index is 566. The van der Waals surface area contributed by atoms with Crippen LogP contribution in [0, 0.1) is 0 Å². The Hall–Kier alpha value is -2.13. The van der Waals surface area contributed by atoms with Crippen LogP contribution in [-0.2, 0) is 17.8 Å². The molecule has 2 rings (SSSR count). The third-order valence-corrected chi connectivity index (χ3v) is 3.39. The summed E-state index contributed by atoms with van der Waals surface area (Å²) in [6.45, 7) is 2.62. The standard InChI is InChI=1S/C17H20N2O/c1-2-13-8-6-7-11-15(13)12-19-17(20)16(18)14-9-4-3-5-10-14/h3-11,16H,2,12,18H2,1H3,(H,19,20)/t16-/m0/s1. The molecule has 2 aromatic rings. The van der Waals surface area contributed by atoms with E-state index in [1.54, 1.807) is 0 Å². The van der Waals surface area contributed by atoms with Gasteiger partial charge in [-0.25, -0.2) is 0 Å². The van der Waals surface area contributed by atoms with Crippen molar-refractivity contribution < 1.29 is 4.79 Å². The first kappa shape index (κ1) is 14.3. The van der Waals surface area contributed by atoms with Crippen LogP contribution in [0.25, 0.3) is 0 Å². The summed E-state index contributed by atoms with van der Waals surface area (Å²) < 4.78 is 0. The monoisotopic (exact) mass is 268 g/mol. The Labute approximate surface area is 119 Å². The number of amides is 1. The highest BCUT2D eigenvalue weighted by atomic mass is 16.2. The molecule has 0 fully saturated rings. The number of rotatable bonds is 5. The van der Waals surface area contributed by atoms with Crippen LogP contribution in [0.5, 0.6) is 0 Å². The van der Waals surface area contributed by atoms with Gasteiger partial charge in [0.05, 0.1) is 0 Å². The van der Waals surface area contributed by atoms with Crippen LogP contribution in [0.2, 0.25) is 0 Å². The Kier molecular flexibility index (Phi) is 4.91. The predicted octanol–water partition coefficient (Wildman–Crippen LogP) is 2.57. The zero-order valence-corrected chi connectivity index (χ0v) is 11.7. The number of benzene rings is 2. The van der Waals surface area contributed by atoms with E-state index in [0.717, 1.165) is 17.5 Å². The van der Waals surface area contributed by atoms with E-state index in [4.69, 9.17) is 5.73 Å². The second-order valence-corrected chi connectivity index (χ2v) is 4.73. The Morgan fingerprint density at radius 1 is 1.05 bits per heavy atom. The number of carbonyl (C=O) groups is 1. The molecule has 0 bridgehead atoms. The van der Waals surface area contributed by atoms with Gasteiger partial charge in [-0.05, 0) is 23.1 Å². The molecule has 1 amide bonds. The molecule has 3 heteroatoms. The number of nitrogens with one attached hydrogen (secondary N) is 1. The van der Waals surface area contributed by atoms with Crippen LogP contribution in [0.4, 0.5) is 0 Å². The average molecular weight is 268 g/mol. The van der Waals surface area contributed by atoms with Crippen molar-refractivity contribution in [1.82, 2.24) is 5.32 Å². The zero-order chi connectivity index (χ0) is 14.4. The highest BCUT2D eigenvalue weighted by Crippen LogP contribution is 2.12. The van der Waals surface area contributed by atoms with Crippen molar-refractivity contribution in [3.05, 3.63) is 71.3 Å². The molecule has 0 spiro atoms. The fourth-order valence-electron chi connectivity index (χ4n) is 2.18. The lowest BCUT2D eigenvalue weighted by Gasteiger charge is -2.14. The first-order valence-electron chi connectivity index (χ1n) is 6.87. The molecular formula is C17H20N2O. The zero-order valence-electron chi connectivity index (χ0n) is 11.7. The van der Waals surface area contributed by atoms with Crippen molar-refractivity contribution in [3.63, 3.8) is 0 Å². The van der Waals surface area contributed by atoms with Crippen molar-refractivity contribution in [2.75, 3.05) is 0 Å². The number of hydrogen-bond acceptors (Lipinski definition) is 2. The van der Waals surface area contributed by atoms with Gasteiger partial charge in [-0.15, -0.1) is 0 Å². The number of hydrogen-bond donors (Lipinski definition) is 2. The topological polar surface area (TPSA) is 55.1 Å². The summed E-state index contributed by atoms with van der Waals surface area (Å²) in [4.78, 5) is 12.1. The lowest BCUT2D eigenvalue weighted by atomic mass is 10.0. The van der Waals surface area contributed by atoms with E-state index in [1.807, 2.05) is 48.5 Å². The van der Waals surface area contributed by atoms with Crippen molar-refractivity contribution in [2.45, 2.75) is 25.9 Å². The quantitative estimate of drug-likeness (QED) is 0.875. The van der Waals surface area contributed by atoms with Gasteiger partial charge in [0, 0.05) is 6.54 Å². The minimum Gasteiger partial charge on any atom is -0.350 e. The third-order valence-electron chi connectivity index (χ3n) is 3.39. The lowest BCUT2D eigenvalue weighted by molar-refractivity contribution is -0.122. The number of carbonyl (C=O) groups excluding carboxylic acids is 1. The number of nitrogens with two attached hydrogens (primary N) is 1. The van der Waals surface area contributed by atoms with E-state index in [0.29, 0.717) is 6.54 Å². The van der Waals surface area contributed by atoms with Gasteiger partial charge in [-0.3, -0.25) is 4.79 Å². The Morgan fingerprint density at radius 2 is 1.65 bits per heavy atom. The summed E-state index contributed by atoms with van der Waals surface area (Å²) in [7, 11) is 0. The van der Waals surface area contributed by atoms with Crippen LogP contribution >= 0.6 is 0 Å². The second-order valence-electron chi connectivity index (χ2n) is 4.73. The molecule has 0 unspecified atom stereocenters. The summed E-state index contributed by atoms with van der Waals surface area (Å²) in [6.07, 6.45) is 0.955. The Balaban J connectivity index is 1.99. The van der Waals surface area contributed by atoms with E-state index in [2.05, 4.69) is 18.3 Å². The first-order chi connectivity index (χ1) is 9.72. The maximum atomic E-state index is 12.1. The number of aryl methyl sites for hydroxylation is 1. The fraction of sp³-hybridized carbons (Fsp3) is 0.235. The summed E-state index contributed by atoms with van der Waals surface area (Å²) in [6, 6.07) is 16.9. The molecule has 0 radical (unpaired) electrons. The molecule has 104 valence electrons. The van der Waals surface area contributed by atoms with Gasteiger partial charge in [-0.2, -0.15) is 0 Å². The maximum Gasteiger partial charge on any atom is 0.241 e. The molecule has 0 aliphatic rings. The van der Waals surface area contributed by atoms with Gasteiger partial charge in [0.15, 0.2) is 0 Å². The van der Waals surface area contributed by atoms with E-state index in [1.165, 1.54) is 5.56 Å². The van der Waals surface area contributed by atoms with E-state index < -0.39 is 6.04 Å². The molecule has 0 saturated heterocycles. The summed E-state index contributed by atoms with van der Waals surface area (Å²) >= 11 is 0. The summed E-state index contributed by atoms with van der Waals surface area (Å²) in [5.74, 6) is -0.151. The SMILES string of the molecule is CCc1ccccc1CNC(=O)[C@@H](N)c1ccccc1. The van der Waals surface area contributed by atoms with Gasteiger partial charge in [0.2, 0.25) is 5.91 Å². The molecular weight excluding hydrogens is 248 g/mol.